The van der Waals surface area contributed by atoms with Crippen LogP contribution in [0.3, 0.4) is 0 Å². The highest BCUT2D eigenvalue weighted by Crippen LogP contribution is 2.14. The Bertz CT molecular complexity index is 848. The van der Waals surface area contributed by atoms with Crippen LogP contribution >= 0.6 is 0 Å². The Morgan fingerprint density at radius 3 is 1.26 bits per heavy atom. The van der Waals surface area contributed by atoms with Crippen molar-refractivity contribution in [3.05, 3.63) is 24.3 Å². The number of amides is 2. The average Bonchev–Trinajstić information content (AvgIpc) is 3.01. The van der Waals surface area contributed by atoms with Crippen molar-refractivity contribution in [1.29, 1.82) is 0 Å². The zero-order valence-corrected chi connectivity index (χ0v) is 31.9. The Morgan fingerprint density at radius 2 is 0.915 bits per heavy atom. The number of hydrogen-bond donors (Lipinski definition) is 2. The van der Waals surface area contributed by atoms with Crippen LogP contribution in [0.1, 0.15) is 124 Å². The van der Waals surface area contributed by atoms with E-state index in [9.17, 15) is 19.2 Å². The fourth-order valence-corrected chi connectivity index (χ4v) is 4.73. The molecule has 0 atom stereocenters. The number of rotatable bonds is 31. The van der Waals surface area contributed by atoms with Gasteiger partial charge in [-0.15, -0.1) is 0 Å². The van der Waals surface area contributed by atoms with E-state index in [2.05, 4.69) is 47.5 Å². The summed E-state index contributed by atoms with van der Waals surface area (Å²) in [7, 11) is 2.14. The second-order valence-electron chi connectivity index (χ2n) is 12.5. The molecule has 0 saturated carbocycles. The van der Waals surface area contributed by atoms with Gasteiger partial charge in [-0.1, -0.05) is 97.1 Å². The van der Waals surface area contributed by atoms with Gasteiger partial charge in [-0.05, 0) is 26.7 Å². The largest absolute Gasteiger partial charge is 1.00 e. The molecule has 0 aliphatic heterocycles. The topological polar surface area (TPSA) is 129 Å². The van der Waals surface area contributed by atoms with Crippen molar-refractivity contribution in [3.63, 3.8) is 0 Å². The first-order valence-corrected chi connectivity index (χ1v) is 17.4. The van der Waals surface area contributed by atoms with Crippen molar-refractivity contribution < 1.29 is 67.2 Å². The number of quaternary nitrogens is 1. The molecule has 0 aromatic carbocycles. The van der Waals surface area contributed by atoms with E-state index >= 15 is 0 Å². The second-order valence-corrected chi connectivity index (χ2v) is 12.5. The smallest absolute Gasteiger partial charge is 0.368 e. The van der Waals surface area contributed by atoms with Crippen LogP contribution in [0.4, 0.5) is 0 Å². The maximum atomic E-state index is 12.3. The van der Waals surface area contributed by atoms with Gasteiger partial charge in [0.05, 0.1) is 52.6 Å². The Kier molecular flexibility index (Phi) is 31.3. The monoisotopic (exact) mass is 781 g/mol. The van der Waals surface area contributed by atoms with E-state index in [0.29, 0.717) is 30.7 Å². The lowest BCUT2D eigenvalue weighted by molar-refractivity contribution is -0.907. The lowest BCUT2D eigenvalue weighted by Crippen LogP contribution is -3.00. The highest BCUT2D eigenvalue weighted by atomic mass is 127. The highest BCUT2D eigenvalue weighted by Gasteiger charge is 2.21. The molecular formula is C35H64IN3O8. The molecule has 0 aliphatic rings. The molecule has 11 nitrogen and oxygen atoms in total. The fraction of sp³-hybridized carbons (Fsp3) is 0.771. The minimum Gasteiger partial charge on any atom is -1.00 e. The first-order chi connectivity index (χ1) is 22.0. The van der Waals surface area contributed by atoms with Gasteiger partial charge in [0, 0.05) is 11.1 Å². The fourth-order valence-electron chi connectivity index (χ4n) is 4.73. The lowest BCUT2D eigenvalue weighted by Gasteiger charge is -2.35. The molecule has 274 valence electrons. The van der Waals surface area contributed by atoms with Crippen LogP contribution in [-0.4, -0.2) is 81.2 Å². The molecule has 0 fully saturated rings. The summed E-state index contributed by atoms with van der Waals surface area (Å²) in [5.41, 5.74) is 0.433. The molecule has 2 amide bonds. The van der Waals surface area contributed by atoms with Crippen molar-refractivity contribution in [2.75, 3.05) is 53.0 Å². The van der Waals surface area contributed by atoms with Crippen LogP contribution in [0.2, 0.25) is 0 Å². The predicted molar refractivity (Wildman–Crippen MR) is 180 cm³/mol. The molecule has 2 N–H and O–H groups in total. The van der Waals surface area contributed by atoms with E-state index < -0.39 is 11.9 Å². The number of nitrogens with zero attached hydrogens (tertiary/aromatic N) is 1. The molecule has 0 spiro atoms. The van der Waals surface area contributed by atoms with Gasteiger partial charge in [0.2, 0.25) is 11.8 Å². The van der Waals surface area contributed by atoms with Gasteiger partial charge in [0.25, 0.3) is 0 Å². The molecule has 0 bridgehead atoms. The van der Waals surface area contributed by atoms with Crippen molar-refractivity contribution >= 4 is 23.8 Å². The summed E-state index contributed by atoms with van der Waals surface area (Å²) in [6.07, 6.45) is 18.4. The third-order valence-corrected chi connectivity index (χ3v) is 7.79. The number of likely N-dealkylation sites (N-methyl/N-ethyl adjacent to an activating group) is 1. The number of unbranched alkanes of at least 4 members (excludes halogenated alkanes) is 13. The van der Waals surface area contributed by atoms with E-state index in [1.54, 1.807) is 0 Å². The van der Waals surface area contributed by atoms with Crippen molar-refractivity contribution in [2.45, 2.75) is 124 Å². The van der Waals surface area contributed by atoms with Crippen molar-refractivity contribution in [1.82, 2.24) is 10.6 Å². The molecule has 0 radical (unpaired) electrons. The van der Waals surface area contributed by atoms with Crippen LogP contribution in [-0.2, 0) is 38.7 Å². The number of halogens is 1. The summed E-state index contributed by atoms with van der Waals surface area (Å²) >= 11 is 0. The summed E-state index contributed by atoms with van der Waals surface area (Å²) in [6.45, 7) is 15.4. The Hall–Kier alpha value is -2.03. The molecule has 0 aliphatic carbocycles. The van der Waals surface area contributed by atoms with E-state index in [0.717, 1.165) is 19.4 Å². The van der Waals surface area contributed by atoms with Crippen LogP contribution in [0, 0.1) is 0 Å². The number of nitrogens with one attached hydrogen (secondary N) is 2. The average molecular weight is 782 g/mol. The zero-order chi connectivity index (χ0) is 34.5. The standard InChI is InChI=1S/C35H63N3O8.HI/c1-7-8-9-10-11-12-13-14-15-16-17-18-19-20-25-38(6,26-23-36-32(39)21-28-43-45-34(41)30(2)3)27-24-37-33(40)22-29-44-46-35(42)31(4)5;/h2,4,7-29H2,1,3,5-6H3,(H-,36,37,39,40);1H. The number of hydrogen-bond acceptors (Lipinski definition) is 8. The van der Waals surface area contributed by atoms with Gasteiger partial charge in [-0.25, -0.2) is 9.59 Å². The summed E-state index contributed by atoms with van der Waals surface area (Å²) in [6, 6.07) is 0. The van der Waals surface area contributed by atoms with Crippen LogP contribution in [0.15, 0.2) is 24.3 Å². The molecule has 12 heteroatoms. The highest BCUT2D eigenvalue weighted by molar-refractivity contribution is 5.86. The van der Waals surface area contributed by atoms with Crippen molar-refractivity contribution in [2.24, 2.45) is 0 Å². The maximum Gasteiger partial charge on any atom is 0.368 e. The minimum absolute atomic E-state index is 0. The van der Waals surface area contributed by atoms with Gasteiger partial charge >= 0.3 is 11.9 Å². The molecule has 0 aromatic heterocycles. The van der Waals surface area contributed by atoms with Crippen LogP contribution in [0.25, 0.3) is 0 Å². The Labute approximate surface area is 301 Å². The molecule has 0 unspecified atom stereocenters. The summed E-state index contributed by atoms with van der Waals surface area (Å²) in [4.78, 5) is 65.9. The lowest BCUT2D eigenvalue weighted by atomic mass is 10.0. The number of carbonyl (C=O) groups excluding carboxylic acids is 4. The van der Waals surface area contributed by atoms with E-state index in [-0.39, 0.29) is 73.0 Å². The minimum atomic E-state index is -0.664. The van der Waals surface area contributed by atoms with E-state index in [1.165, 1.54) is 90.9 Å². The zero-order valence-electron chi connectivity index (χ0n) is 29.8. The van der Waals surface area contributed by atoms with Gasteiger partial charge in [-0.2, -0.15) is 9.78 Å². The molecule has 0 saturated heterocycles. The van der Waals surface area contributed by atoms with E-state index in [4.69, 9.17) is 9.78 Å². The summed E-state index contributed by atoms with van der Waals surface area (Å²) in [5, 5.41) is 5.81. The van der Waals surface area contributed by atoms with Gasteiger partial charge in [0.15, 0.2) is 0 Å². The second kappa shape index (κ2) is 31.3. The SMILES string of the molecule is C=C(C)C(=O)OOCCC(=O)NCC[N+](C)(CCCCCCCCCCCCCCCC)CCNC(=O)CCOOC(=O)C(=C)C.[I-]. The van der Waals surface area contributed by atoms with Gasteiger partial charge < -0.3 is 39.1 Å². The van der Waals surface area contributed by atoms with Gasteiger partial charge in [0.1, 0.15) is 13.2 Å². The molecule has 0 aromatic rings. The van der Waals surface area contributed by atoms with Gasteiger partial charge in [-0.3, -0.25) is 19.4 Å². The quantitative estimate of drug-likeness (QED) is 0.0275. The first-order valence-electron chi connectivity index (χ1n) is 17.4. The van der Waals surface area contributed by atoms with Crippen molar-refractivity contribution in [3.8, 4) is 0 Å². The maximum absolute atomic E-state index is 12.3. The first kappa shape index (κ1) is 47.1. The Morgan fingerprint density at radius 1 is 0.574 bits per heavy atom. The molecule has 0 rings (SSSR count). The predicted octanol–water partition coefficient (Wildman–Crippen LogP) is 3.03. The number of carbonyl (C=O) groups is 4. The molecule has 47 heavy (non-hydrogen) atoms. The Balaban J connectivity index is 0. The normalized spacial score (nSPS) is 10.9. The van der Waals surface area contributed by atoms with Crippen LogP contribution < -0.4 is 34.6 Å². The third-order valence-electron chi connectivity index (χ3n) is 7.79. The molecule has 0 heterocycles. The van der Waals surface area contributed by atoms with E-state index in [1.807, 2.05) is 0 Å². The molecular weight excluding hydrogens is 717 g/mol. The summed E-state index contributed by atoms with van der Waals surface area (Å²) < 4.78 is 0.693. The third kappa shape index (κ3) is 29.8. The summed E-state index contributed by atoms with van der Waals surface area (Å²) in [5.74, 6) is -1.73. The van der Waals surface area contributed by atoms with Crippen LogP contribution in [0.5, 0.6) is 0 Å².